The van der Waals surface area contributed by atoms with Gasteiger partial charge in [-0.3, -0.25) is 14.6 Å². The largest absolute Gasteiger partial charge is 0.506 e. The van der Waals surface area contributed by atoms with E-state index >= 15 is 0 Å². The first kappa shape index (κ1) is 33.8. The van der Waals surface area contributed by atoms with Crippen molar-refractivity contribution in [2.24, 2.45) is 11.5 Å². The number of benzene rings is 1. The summed E-state index contributed by atoms with van der Waals surface area (Å²) in [6.45, 7) is 6.91. The fourth-order valence-electron chi connectivity index (χ4n) is 4.75. The second-order valence-electron chi connectivity index (χ2n) is 11.4. The zero-order valence-corrected chi connectivity index (χ0v) is 27.4. The van der Waals surface area contributed by atoms with E-state index in [-0.39, 0.29) is 30.4 Å². The number of nitrogens with zero attached hydrogens (tertiary/aromatic N) is 3. The summed E-state index contributed by atoms with van der Waals surface area (Å²) in [5.74, 6) is -0.508. The highest BCUT2D eigenvalue weighted by Gasteiger charge is 2.39. The van der Waals surface area contributed by atoms with Crippen LogP contribution in [0.15, 0.2) is 45.6 Å². The van der Waals surface area contributed by atoms with Gasteiger partial charge in [-0.15, -0.1) is 0 Å². The lowest BCUT2D eigenvalue weighted by atomic mass is 9.95. The second kappa shape index (κ2) is 15.1. The number of halogens is 2. The summed E-state index contributed by atoms with van der Waals surface area (Å²) in [4.78, 5) is 46.8. The van der Waals surface area contributed by atoms with Crippen molar-refractivity contribution in [1.82, 2.24) is 15.2 Å². The van der Waals surface area contributed by atoms with E-state index in [0.29, 0.717) is 47.8 Å². The van der Waals surface area contributed by atoms with Crippen LogP contribution in [0.5, 0.6) is 5.75 Å². The van der Waals surface area contributed by atoms with Gasteiger partial charge in [-0.25, -0.2) is 4.79 Å². The third-order valence-electron chi connectivity index (χ3n) is 6.84. The number of carbonyl (C=O) groups excluding carboxylic acids is 3. The maximum atomic E-state index is 13.8. The fraction of sp³-hybridized carbons (Fsp3) is 0.517. The number of alkyl carbamates (subject to hydrolysis) is 1. The van der Waals surface area contributed by atoms with Crippen LogP contribution in [0.2, 0.25) is 0 Å². The van der Waals surface area contributed by atoms with Gasteiger partial charge in [-0.05, 0) is 108 Å². The Labute approximate surface area is 263 Å². The number of piperazine rings is 1. The summed E-state index contributed by atoms with van der Waals surface area (Å²) >= 11 is 6.63. The number of ketones is 1. The Morgan fingerprint density at radius 2 is 1.74 bits per heavy atom. The number of phenolic OH excluding ortho intramolecular Hbond substituents is 1. The predicted octanol–water partition coefficient (Wildman–Crippen LogP) is 3.49. The van der Waals surface area contributed by atoms with Crippen LogP contribution >= 0.6 is 31.9 Å². The number of aromatic hydroxyl groups is 1. The number of unbranched alkanes of at least 4 members (excludes halogenated alkanes) is 1. The number of pyridine rings is 1. The highest BCUT2D eigenvalue weighted by Crippen LogP contribution is 2.33. The minimum absolute atomic E-state index is 0.0605. The average molecular weight is 712 g/mol. The van der Waals surface area contributed by atoms with Gasteiger partial charge in [0.15, 0.2) is 5.78 Å². The molecule has 0 bridgehead atoms. The van der Waals surface area contributed by atoms with Crippen LogP contribution in [0.25, 0.3) is 0 Å². The SMILES string of the molecule is CC(C)(C)OC(=O)NCCCC[C@H](N)C(=O)N1CCN(c2ccncc2)CC1C(=O)[C@H](N)Cc1cc(Br)c(O)c(Br)c1. The van der Waals surface area contributed by atoms with E-state index in [4.69, 9.17) is 16.2 Å². The number of ether oxygens (including phenoxy) is 1. The van der Waals surface area contributed by atoms with Crippen molar-refractivity contribution in [2.75, 3.05) is 31.1 Å². The average Bonchev–Trinajstić information content (AvgIpc) is 2.94. The molecule has 3 rings (SSSR count). The normalized spacial score (nSPS) is 17.0. The van der Waals surface area contributed by atoms with Crippen LogP contribution in [-0.2, 0) is 20.7 Å². The van der Waals surface area contributed by atoms with Crippen LogP contribution in [0.1, 0.15) is 45.6 Å². The molecule has 2 amide bonds. The topological polar surface area (TPSA) is 164 Å². The van der Waals surface area contributed by atoms with E-state index in [0.717, 1.165) is 11.3 Å². The van der Waals surface area contributed by atoms with Crippen LogP contribution in [0.3, 0.4) is 0 Å². The molecule has 1 aromatic carbocycles. The fourth-order valence-corrected chi connectivity index (χ4v) is 6.03. The smallest absolute Gasteiger partial charge is 0.407 e. The quantitative estimate of drug-likeness (QED) is 0.256. The number of anilines is 1. The van der Waals surface area contributed by atoms with Gasteiger partial charge in [0.1, 0.15) is 17.4 Å². The molecule has 42 heavy (non-hydrogen) atoms. The number of phenols is 1. The van der Waals surface area contributed by atoms with Gasteiger partial charge in [0.05, 0.1) is 21.0 Å². The molecule has 1 aliphatic heterocycles. The number of Topliss-reactive ketones (excluding diaryl/α,β-unsaturated/α-hetero) is 1. The molecule has 2 aromatic rings. The van der Waals surface area contributed by atoms with E-state index in [1.165, 1.54) is 0 Å². The number of nitrogens with one attached hydrogen (secondary N) is 1. The lowest BCUT2D eigenvalue weighted by Gasteiger charge is -2.43. The molecular weight excluding hydrogens is 672 g/mol. The number of hydrogen-bond donors (Lipinski definition) is 4. The molecule has 1 unspecified atom stereocenters. The Morgan fingerprint density at radius 3 is 2.36 bits per heavy atom. The highest BCUT2D eigenvalue weighted by atomic mass is 79.9. The summed E-state index contributed by atoms with van der Waals surface area (Å²) < 4.78 is 6.20. The Morgan fingerprint density at radius 1 is 1.10 bits per heavy atom. The first-order chi connectivity index (χ1) is 19.8. The van der Waals surface area contributed by atoms with Crippen LogP contribution < -0.4 is 21.7 Å². The van der Waals surface area contributed by atoms with E-state index in [1.54, 1.807) is 50.2 Å². The summed E-state index contributed by atoms with van der Waals surface area (Å²) in [6, 6.07) is 4.68. The predicted molar refractivity (Wildman–Crippen MR) is 168 cm³/mol. The Kier molecular flexibility index (Phi) is 12.2. The number of rotatable bonds is 11. The minimum atomic E-state index is -0.888. The molecule has 2 heterocycles. The van der Waals surface area contributed by atoms with E-state index in [9.17, 15) is 19.5 Å². The lowest BCUT2D eigenvalue weighted by molar-refractivity contribution is -0.141. The van der Waals surface area contributed by atoms with Crippen LogP contribution in [0.4, 0.5) is 10.5 Å². The third-order valence-corrected chi connectivity index (χ3v) is 8.05. The molecule has 230 valence electrons. The van der Waals surface area contributed by atoms with Gasteiger partial charge < -0.3 is 36.4 Å². The van der Waals surface area contributed by atoms with Gasteiger partial charge in [-0.1, -0.05) is 0 Å². The molecule has 0 spiro atoms. The van der Waals surface area contributed by atoms with Crippen LogP contribution in [0, 0.1) is 0 Å². The summed E-state index contributed by atoms with van der Waals surface area (Å²) in [5.41, 5.74) is 13.8. The maximum Gasteiger partial charge on any atom is 0.407 e. The Balaban J connectivity index is 1.66. The van der Waals surface area contributed by atoms with E-state index in [2.05, 4.69) is 42.2 Å². The van der Waals surface area contributed by atoms with Gasteiger partial charge in [-0.2, -0.15) is 0 Å². The van der Waals surface area contributed by atoms with Gasteiger partial charge in [0.2, 0.25) is 5.91 Å². The molecular formula is C29H40Br2N6O5. The highest BCUT2D eigenvalue weighted by molar-refractivity contribution is 9.11. The molecule has 1 saturated heterocycles. The monoisotopic (exact) mass is 710 g/mol. The standard InChI is InChI=1S/C29H40Br2N6O5/c1-29(2,3)42-28(41)35-9-5-4-6-22(32)27(40)37-13-12-36(19-7-10-34-11-8-19)17-24(37)26(39)23(33)16-18-14-20(30)25(38)21(31)15-18/h7-8,10-11,14-15,22-24,38H,4-6,9,12-13,16-17,32-33H2,1-3H3,(H,35,41)/t22-,23+,24?/m0/s1. The van der Waals surface area contributed by atoms with Crippen LogP contribution in [-0.4, -0.2) is 82.7 Å². The number of aromatic nitrogens is 1. The van der Waals surface area contributed by atoms with Crippen molar-refractivity contribution < 1.29 is 24.2 Å². The van der Waals surface area contributed by atoms with Crippen molar-refractivity contribution in [2.45, 2.75) is 70.2 Å². The first-order valence-electron chi connectivity index (χ1n) is 13.9. The number of nitrogens with two attached hydrogens (primary N) is 2. The molecule has 1 fully saturated rings. The molecule has 6 N–H and O–H groups in total. The maximum absolute atomic E-state index is 13.8. The second-order valence-corrected chi connectivity index (χ2v) is 13.1. The summed E-state index contributed by atoms with van der Waals surface area (Å²) in [7, 11) is 0. The summed E-state index contributed by atoms with van der Waals surface area (Å²) in [5, 5.41) is 12.7. The Hall–Kier alpha value is -2.74. The molecule has 11 nitrogen and oxygen atoms in total. The number of amides is 2. The van der Waals surface area contributed by atoms with Crippen molar-refractivity contribution in [1.29, 1.82) is 0 Å². The molecule has 0 aliphatic carbocycles. The molecule has 3 atom stereocenters. The van der Waals surface area contributed by atoms with Crippen molar-refractivity contribution >= 4 is 55.3 Å². The van der Waals surface area contributed by atoms with Crippen molar-refractivity contribution in [3.8, 4) is 5.75 Å². The molecule has 13 heteroatoms. The number of hydrogen-bond acceptors (Lipinski definition) is 9. The molecule has 0 saturated carbocycles. The number of carbonyl (C=O) groups is 3. The zero-order chi connectivity index (χ0) is 31.0. The van der Waals surface area contributed by atoms with E-state index in [1.807, 2.05) is 17.0 Å². The Bertz CT molecular complexity index is 1220. The zero-order valence-electron chi connectivity index (χ0n) is 24.2. The van der Waals surface area contributed by atoms with Gasteiger partial charge in [0, 0.05) is 44.3 Å². The van der Waals surface area contributed by atoms with Gasteiger partial charge in [0.25, 0.3) is 0 Å². The molecule has 1 aliphatic rings. The summed E-state index contributed by atoms with van der Waals surface area (Å²) in [6.07, 6.45) is 4.75. The van der Waals surface area contributed by atoms with Gasteiger partial charge >= 0.3 is 6.09 Å². The van der Waals surface area contributed by atoms with E-state index < -0.39 is 29.8 Å². The van der Waals surface area contributed by atoms with Crippen molar-refractivity contribution in [3.63, 3.8) is 0 Å². The minimum Gasteiger partial charge on any atom is -0.506 e. The molecule has 1 aromatic heterocycles. The first-order valence-corrected chi connectivity index (χ1v) is 15.5. The molecule has 0 radical (unpaired) electrons. The van der Waals surface area contributed by atoms with Crippen molar-refractivity contribution in [3.05, 3.63) is 51.2 Å². The lowest BCUT2D eigenvalue weighted by Crippen LogP contribution is -2.63. The third kappa shape index (κ3) is 9.65.